The van der Waals surface area contributed by atoms with Crippen LogP contribution in [0.5, 0.6) is 0 Å². The fourth-order valence-corrected chi connectivity index (χ4v) is 3.63. The quantitative estimate of drug-likeness (QED) is 0.784. The molecule has 2 aromatic carbocycles. The minimum atomic E-state index is 0.0573. The Hall–Kier alpha value is -1.88. The predicted molar refractivity (Wildman–Crippen MR) is 111 cm³/mol. The van der Waals surface area contributed by atoms with E-state index in [2.05, 4.69) is 28.0 Å². The number of carbonyl (C=O) groups excluding carboxylic acids is 1. The van der Waals surface area contributed by atoms with Gasteiger partial charge in [0.1, 0.15) is 0 Å². The van der Waals surface area contributed by atoms with Crippen LogP contribution in [0.15, 0.2) is 48.5 Å². The van der Waals surface area contributed by atoms with Crippen molar-refractivity contribution >= 4 is 17.5 Å². The molecule has 1 aliphatic rings. The van der Waals surface area contributed by atoms with E-state index in [0.29, 0.717) is 0 Å². The highest BCUT2D eigenvalue weighted by Crippen LogP contribution is 2.15. The zero-order chi connectivity index (χ0) is 19.2. The Bertz CT molecular complexity index is 760. The number of hydrogen-bond donors (Lipinski definition) is 0. The normalized spacial score (nSPS) is 16.1. The van der Waals surface area contributed by atoms with Gasteiger partial charge in [0, 0.05) is 50.9 Å². The smallest absolute Gasteiger partial charge is 0.253 e. The summed E-state index contributed by atoms with van der Waals surface area (Å²) in [6, 6.07) is 16.2. The summed E-state index contributed by atoms with van der Waals surface area (Å²) in [7, 11) is 3.58. The highest BCUT2D eigenvalue weighted by atomic mass is 35.5. The van der Waals surface area contributed by atoms with Crippen molar-refractivity contribution in [2.45, 2.75) is 19.5 Å². The summed E-state index contributed by atoms with van der Waals surface area (Å²) in [6.45, 7) is 6.15. The minimum absolute atomic E-state index is 0.0573. The first-order valence-electron chi connectivity index (χ1n) is 9.51. The van der Waals surface area contributed by atoms with E-state index in [1.165, 1.54) is 11.1 Å². The van der Waals surface area contributed by atoms with Gasteiger partial charge in [0.2, 0.25) is 0 Å². The van der Waals surface area contributed by atoms with Gasteiger partial charge in [-0.1, -0.05) is 35.9 Å². The molecule has 2 aromatic rings. The average Bonchev–Trinajstić information content (AvgIpc) is 2.88. The SMILES string of the molecule is CN(C)C(=O)c1cccc(CN2CCCN(Cc3ccc(Cl)cc3)CC2)c1. The number of carbonyl (C=O) groups is 1. The highest BCUT2D eigenvalue weighted by molar-refractivity contribution is 6.30. The van der Waals surface area contributed by atoms with Gasteiger partial charge >= 0.3 is 0 Å². The fraction of sp³-hybridized carbons (Fsp3) is 0.409. The first-order chi connectivity index (χ1) is 13.0. The third-order valence-corrected chi connectivity index (χ3v) is 5.24. The molecule has 0 aliphatic carbocycles. The summed E-state index contributed by atoms with van der Waals surface area (Å²) in [6.07, 6.45) is 1.16. The molecule has 27 heavy (non-hydrogen) atoms. The second-order valence-electron chi connectivity index (χ2n) is 7.43. The molecule has 0 bridgehead atoms. The maximum absolute atomic E-state index is 12.2. The molecule has 0 aromatic heterocycles. The third kappa shape index (κ3) is 5.80. The van der Waals surface area contributed by atoms with Crippen molar-refractivity contribution in [3.63, 3.8) is 0 Å². The molecule has 0 unspecified atom stereocenters. The van der Waals surface area contributed by atoms with E-state index in [4.69, 9.17) is 11.6 Å². The van der Waals surface area contributed by atoms with Crippen molar-refractivity contribution < 1.29 is 4.79 Å². The van der Waals surface area contributed by atoms with E-state index in [1.807, 2.05) is 30.3 Å². The topological polar surface area (TPSA) is 26.8 Å². The first-order valence-corrected chi connectivity index (χ1v) is 9.89. The molecule has 0 atom stereocenters. The maximum atomic E-state index is 12.2. The first kappa shape index (κ1) is 19.9. The molecular formula is C22H28ClN3O. The third-order valence-electron chi connectivity index (χ3n) is 4.99. The van der Waals surface area contributed by atoms with Crippen molar-refractivity contribution in [1.29, 1.82) is 0 Å². The van der Waals surface area contributed by atoms with Gasteiger partial charge in [0.05, 0.1) is 0 Å². The van der Waals surface area contributed by atoms with Gasteiger partial charge in [-0.25, -0.2) is 0 Å². The lowest BCUT2D eigenvalue weighted by Gasteiger charge is -2.22. The van der Waals surface area contributed by atoms with Crippen molar-refractivity contribution in [2.24, 2.45) is 0 Å². The van der Waals surface area contributed by atoms with E-state index in [1.54, 1.807) is 19.0 Å². The molecule has 0 radical (unpaired) electrons. The Morgan fingerprint density at radius 1 is 0.926 bits per heavy atom. The second-order valence-corrected chi connectivity index (χ2v) is 7.87. The Morgan fingerprint density at radius 2 is 1.56 bits per heavy atom. The van der Waals surface area contributed by atoms with Gasteiger partial charge in [-0.2, -0.15) is 0 Å². The number of rotatable bonds is 5. The van der Waals surface area contributed by atoms with Crippen LogP contribution in [-0.2, 0) is 13.1 Å². The number of amides is 1. The molecule has 1 fully saturated rings. The summed E-state index contributed by atoms with van der Waals surface area (Å²) in [4.78, 5) is 18.8. The highest BCUT2D eigenvalue weighted by Gasteiger charge is 2.16. The van der Waals surface area contributed by atoms with Crippen LogP contribution in [-0.4, -0.2) is 60.9 Å². The minimum Gasteiger partial charge on any atom is -0.345 e. The largest absolute Gasteiger partial charge is 0.345 e. The number of hydrogen-bond acceptors (Lipinski definition) is 3. The Morgan fingerprint density at radius 3 is 2.19 bits per heavy atom. The van der Waals surface area contributed by atoms with Gasteiger partial charge in [-0.05, 0) is 54.9 Å². The molecule has 5 heteroatoms. The van der Waals surface area contributed by atoms with E-state index < -0.39 is 0 Å². The van der Waals surface area contributed by atoms with Crippen LogP contribution >= 0.6 is 11.6 Å². The molecule has 1 aliphatic heterocycles. The van der Waals surface area contributed by atoms with Crippen molar-refractivity contribution in [1.82, 2.24) is 14.7 Å². The van der Waals surface area contributed by atoms with E-state index in [0.717, 1.165) is 56.3 Å². The monoisotopic (exact) mass is 385 g/mol. The summed E-state index contributed by atoms with van der Waals surface area (Å²) in [5.41, 5.74) is 3.27. The Kier molecular flexibility index (Phi) is 6.89. The van der Waals surface area contributed by atoms with Crippen molar-refractivity contribution in [3.05, 3.63) is 70.2 Å². The molecule has 144 valence electrons. The van der Waals surface area contributed by atoms with Gasteiger partial charge in [-0.3, -0.25) is 14.6 Å². The van der Waals surface area contributed by atoms with Crippen LogP contribution in [0, 0.1) is 0 Å². The predicted octanol–water partition coefficient (Wildman–Crippen LogP) is 3.75. The zero-order valence-corrected chi connectivity index (χ0v) is 17.0. The molecule has 0 spiro atoms. The van der Waals surface area contributed by atoms with Gasteiger partial charge < -0.3 is 4.90 Å². The fourth-order valence-electron chi connectivity index (χ4n) is 3.51. The van der Waals surface area contributed by atoms with Crippen molar-refractivity contribution in [2.75, 3.05) is 40.3 Å². The molecule has 1 saturated heterocycles. The Balaban J connectivity index is 1.56. The van der Waals surface area contributed by atoms with Crippen LogP contribution in [0.3, 0.4) is 0 Å². The Labute approximate surface area is 167 Å². The van der Waals surface area contributed by atoms with Gasteiger partial charge in [-0.15, -0.1) is 0 Å². The summed E-state index contributed by atoms with van der Waals surface area (Å²) < 4.78 is 0. The van der Waals surface area contributed by atoms with Crippen LogP contribution in [0.4, 0.5) is 0 Å². The lowest BCUT2D eigenvalue weighted by Crippen LogP contribution is -2.30. The molecule has 3 rings (SSSR count). The summed E-state index contributed by atoms with van der Waals surface area (Å²) in [5.74, 6) is 0.0573. The molecular weight excluding hydrogens is 358 g/mol. The van der Waals surface area contributed by atoms with E-state index in [-0.39, 0.29) is 5.91 Å². The van der Waals surface area contributed by atoms with Crippen molar-refractivity contribution in [3.8, 4) is 0 Å². The van der Waals surface area contributed by atoms with Crippen LogP contribution in [0.1, 0.15) is 27.9 Å². The average molecular weight is 386 g/mol. The molecule has 1 heterocycles. The zero-order valence-electron chi connectivity index (χ0n) is 16.2. The lowest BCUT2D eigenvalue weighted by molar-refractivity contribution is 0.0827. The number of benzene rings is 2. The standard InChI is InChI=1S/C22H28ClN3O/c1-24(2)22(27)20-6-3-5-19(15-20)17-26-12-4-11-25(13-14-26)16-18-7-9-21(23)10-8-18/h3,5-10,15H,4,11-14,16-17H2,1-2H3. The van der Waals surface area contributed by atoms with Crippen LogP contribution in [0.25, 0.3) is 0 Å². The number of halogens is 1. The van der Waals surface area contributed by atoms with Crippen LogP contribution < -0.4 is 0 Å². The summed E-state index contributed by atoms with van der Waals surface area (Å²) >= 11 is 5.98. The van der Waals surface area contributed by atoms with E-state index in [9.17, 15) is 4.79 Å². The molecule has 0 saturated carbocycles. The second kappa shape index (κ2) is 9.36. The maximum Gasteiger partial charge on any atom is 0.253 e. The van der Waals surface area contributed by atoms with Gasteiger partial charge in [0.15, 0.2) is 0 Å². The summed E-state index contributed by atoms with van der Waals surface area (Å²) in [5, 5.41) is 0.788. The molecule has 1 amide bonds. The van der Waals surface area contributed by atoms with E-state index >= 15 is 0 Å². The molecule has 4 nitrogen and oxygen atoms in total. The van der Waals surface area contributed by atoms with Crippen LogP contribution in [0.2, 0.25) is 5.02 Å². The molecule has 0 N–H and O–H groups in total. The number of nitrogens with zero attached hydrogens (tertiary/aromatic N) is 3. The van der Waals surface area contributed by atoms with Gasteiger partial charge in [0.25, 0.3) is 5.91 Å². The lowest BCUT2D eigenvalue weighted by atomic mass is 10.1.